The Kier molecular flexibility index (Phi) is 8.44. The Morgan fingerprint density at radius 1 is 1.14 bits per heavy atom. The maximum Gasteiger partial charge on any atom is 0.257 e. The number of carbonyl (C=O) groups excluding carboxylic acids is 1. The average Bonchev–Trinajstić information content (AvgIpc) is 2.68. The van der Waals surface area contributed by atoms with Crippen molar-refractivity contribution < 1.29 is 9.53 Å². The number of nitriles is 1. The number of rotatable bonds is 8. The predicted octanol–water partition coefficient (Wildman–Crippen LogP) is 3.95. The maximum atomic E-state index is 12.5. The smallest absolute Gasteiger partial charge is 0.257 e. The summed E-state index contributed by atoms with van der Waals surface area (Å²) in [6.45, 7) is 5.00. The molecule has 2 aromatic rings. The monoisotopic (exact) mass is 395 g/mol. The Bertz CT molecular complexity index is 814. The average molecular weight is 396 g/mol. The van der Waals surface area contributed by atoms with E-state index in [1.807, 2.05) is 49.1 Å². The molecule has 0 aliphatic rings. The van der Waals surface area contributed by atoms with Crippen molar-refractivity contribution in [3.05, 3.63) is 65.7 Å². The van der Waals surface area contributed by atoms with Crippen LogP contribution >= 0.6 is 12.2 Å². The van der Waals surface area contributed by atoms with Crippen molar-refractivity contribution in [2.75, 3.05) is 13.1 Å². The van der Waals surface area contributed by atoms with Crippen LogP contribution in [0.5, 0.6) is 5.75 Å². The van der Waals surface area contributed by atoms with E-state index >= 15 is 0 Å². The number of nitrogens with one attached hydrogen (secondary N) is 1. The van der Waals surface area contributed by atoms with Crippen LogP contribution in [-0.2, 0) is 6.42 Å². The molecule has 0 heterocycles. The van der Waals surface area contributed by atoms with E-state index in [4.69, 9.17) is 22.2 Å². The van der Waals surface area contributed by atoms with E-state index in [1.165, 1.54) is 5.56 Å². The van der Waals surface area contributed by atoms with Gasteiger partial charge in [-0.1, -0.05) is 30.3 Å². The third-order valence-corrected chi connectivity index (χ3v) is 4.36. The van der Waals surface area contributed by atoms with Crippen LogP contribution in [0.15, 0.2) is 54.6 Å². The summed E-state index contributed by atoms with van der Waals surface area (Å²) < 4.78 is 5.59. The van der Waals surface area contributed by atoms with Gasteiger partial charge >= 0.3 is 0 Å². The molecule has 1 amide bonds. The molecule has 146 valence electrons. The first-order valence-electron chi connectivity index (χ1n) is 9.27. The Hall–Kier alpha value is -2.91. The van der Waals surface area contributed by atoms with Gasteiger partial charge < -0.3 is 9.64 Å². The molecule has 6 heteroatoms. The molecule has 0 spiro atoms. The Labute approximate surface area is 171 Å². The molecule has 0 aromatic heterocycles. The Morgan fingerprint density at radius 2 is 1.82 bits per heavy atom. The Morgan fingerprint density at radius 3 is 2.43 bits per heavy atom. The first-order valence-corrected chi connectivity index (χ1v) is 9.68. The molecular formula is C22H25N3O2S. The van der Waals surface area contributed by atoms with Crippen molar-refractivity contribution in [3.63, 3.8) is 0 Å². The highest BCUT2D eigenvalue weighted by Crippen LogP contribution is 2.14. The molecule has 5 nitrogen and oxygen atoms in total. The number of amides is 1. The number of ether oxygens (including phenoxy) is 1. The molecule has 28 heavy (non-hydrogen) atoms. The van der Waals surface area contributed by atoms with Gasteiger partial charge in [-0.15, -0.1) is 0 Å². The van der Waals surface area contributed by atoms with Gasteiger partial charge in [0.2, 0.25) is 0 Å². The highest BCUT2D eigenvalue weighted by molar-refractivity contribution is 7.80. The van der Waals surface area contributed by atoms with Crippen LogP contribution in [0.2, 0.25) is 0 Å². The molecule has 2 rings (SSSR count). The Balaban J connectivity index is 1.97. The fourth-order valence-corrected chi connectivity index (χ4v) is 2.89. The van der Waals surface area contributed by atoms with Gasteiger partial charge in [0.1, 0.15) is 5.75 Å². The van der Waals surface area contributed by atoms with Crippen molar-refractivity contribution in [2.45, 2.75) is 32.8 Å². The summed E-state index contributed by atoms with van der Waals surface area (Å²) in [4.78, 5) is 14.4. The molecule has 1 N–H and O–H groups in total. The highest BCUT2D eigenvalue weighted by atomic mass is 32.1. The zero-order valence-electron chi connectivity index (χ0n) is 16.2. The molecule has 0 fully saturated rings. The minimum atomic E-state index is -0.275. The van der Waals surface area contributed by atoms with Crippen LogP contribution in [0.4, 0.5) is 0 Å². The van der Waals surface area contributed by atoms with E-state index in [2.05, 4.69) is 11.4 Å². The fourth-order valence-electron chi connectivity index (χ4n) is 2.61. The van der Waals surface area contributed by atoms with Gasteiger partial charge in [0.15, 0.2) is 5.11 Å². The van der Waals surface area contributed by atoms with E-state index in [-0.39, 0.29) is 12.0 Å². The summed E-state index contributed by atoms with van der Waals surface area (Å²) >= 11 is 5.42. The minimum Gasteiger partial charge on any atom is -0.491 e. The molecular weight excluding hydrogens is 370 g/mol. The van der Waals surface area contributed by atoms with E-state index in [9.17, 15) is 4.79 Å². The predicted molar refractivity (Wildman–Crippen MR) is 114 cm³/mol. The van der Waals surface area contributed by atoms with Crippen LogP contribution in [-0.4, -0.2) is 35.1 Å². The van der Waals surface area contributed by atoms with Gasteiger partial charge in [-0.3, -0.25) is 10.1 Å². The molecule has 0 bridgehead atoms. The number of nitrogens with zero attached hydrogens (tertiary/aromatic N) is 2. The third-order valence-electron chi connectivity index (χ3n) is 4.00. The van der Waals surface area contributed by atoms with Gasteiger partial charge in [0.05, 0.1) is 18.6 Å². The summed E-state index contributed by atoms with van der Waals surface area (Å²) in [7, 11) is 0. The second-order valence-electron chi connectivity index (χ2n) is 6.58. The number of hydrogen-bond donors (Lipinski definition) is 1. The van der Waals surface area contributed by atoms with Crippen molar-refractivity contribution in [2.24, 2.45) is 0 Å². The van der Waals surface area contributed by atoms with Gasteiger partial charge in [-0.25, -0.2) is 0 Å². The molecule has 0 saturated heterocycles. The van der Waals surface area contributed by atoms with Crippen molar-refractivity contribution >= 4 is 23.2 Å². The molecule has 0 atom stereocenters. The summed E-state index contributed by atoms with van der Waals surface area (Å²) in [5.41, 5.74) is 1.68. The first kappa shape index (κ1) is 21.4. The highest BCUT2D eigenvalue weighted by Gasteiger charge is 2.14. The zero-order chi connectivity index (χ0) is 20.4. The van der Waals surface area contributed by atoms with Crippen LogP contribution in [0.3, 0.4) is 0 Å². The largest absolute Gasteiger partial charge is 0.491 e. The number of carbonyl (C=O) groups is 1. The second kappa shape index (κ2) is 11.1. The lowest BCUT2D eigenvalue weighted by molar-refractivity contribution is 0.0973. The van der Waals surface area contributed by atoms with Gasteiger partial charge in [-0.05, 0) is 62.3 Å². The van der Waals surface area contributed by atoms with E-state index in [0.29, 0.717) is 35.9 Å². The SMILES string of the molecule is CC(C)Oc1ccc(C(=O)NC(=S)N(CCC#N)CCc2ccccc2)cc1. The number of benzene rings is 2. The zero-order valence-corrected chi connectivity index (χ0v) is 17.0. The molecule has 0 unspecified atom stereocenters. The lowest BCUT2D eigenvalue weighted by Crippen LogP contribution is -2.44. The van der Waals surface area contributed by atoms with Crippen molar-refractivity contribution in [3.8, 4) is 11.8 Å². The topological polar surface area (TPSA) is 65.4 Å². The molecule has 0 aliphatic carbocycles. The van der Waals surface area contributed by atoms with Crippen molar-refractivity contribution in [1.29, 1.82) is 5.26 Å². The van der Waals surface area contributed by atoms with E-state index in [1.54, 1.807) is 24.3 Å². The normalized spacial score (nSPS) is 10.2. The standard InChI is InChI=1S/C22H25N3O2S/c1-17(2)27-20-11-9-19(10-12-20)21(26)24-22(28)25(15-6-14-23)16-13-18-7-4-3-5-8-18/h3-5,7-12,17H,6,13,15-16H2,1-2H3,(H,24,26,28). The lowest BCUT2D eigenvalue weighted by Gasteiger charge is -2.24. The van der Waals surface area contributed by atoms with Crippen LogP contribution in [0.25, 0.3) is 0 Å². The quantitative estimate of drug-likeness (QED) is 0.686. The minimum absolute atomic E-state index is 0.0746. The fraction of sp³-hybridized carbons (Fsp3) is 0.318. The second-order valence-corrected chi connectivity index (χ2v) is 6.97. The van der Waals surface area contributed by atoms with Crippen LogP contribution in [0, 0.1) is 11.3 Å². The summed E-state index contributed by atoms with van der Waals surface area (Å²) in [6.07, 6.45) is 1.20. The summed E-state index contributed by atoms with van der Waals surface area (Å²) in [6, 6.07) is 19.1. The third kappa shape index (κ3) is 7.01. The van der Waals surface area contributed by atoms with E-state index in [0.717, 1.165) is 6.42 Å². The molecule has 0 saturated carbocycles. The van der Waals surface area contributed by atoms with Crippen molar-refractivity contribution in [1.82, 2.24) is 10.2 Å². The summed E-state index contributed by atoms with van der Waals surface area (Å²) in [5.74, 6) is 0.440. The molecule has 0 radical (unpaired) electrons. The molecule has 0 aliphatic heterocycles. The van der Waals surface area contributed by atoms with Crippen LogP contribution < -0.4 is 10.1 Å². The van der Waals surface area contributed by atoms with Gasteiger partial charge in [-0.2, -0.15) is 5.26 Å². The molecule has 2 aromatic carbocycles. The number of hydrogen-bond acceptors (Lipinski definition) is 4. The number of thiocarbonyl (C=S) groups is 1. The van der Waals surface area contributed by atoms with Gasteiger partial charge in [0.25, 0.3) is 5.91 Å². The van der Waals surface area contributed by atoms with Crippen LogP contribution in [0.1, 0.15) is 36.2 Å². The summed E-state index contributed by atoms with van der Waals surface area (Å²) in [5, 5.41) is 12.0. The van der Waals surface area contributed by atoms with E-state index < -0.39 is 0 Å². The maximum absolute atomic E-state index is 12.5. The lowest BCUT2D eigenvalue weighted by atomic mass is 10.1. The first-order chi connectivity index (χ1) is 13.5. The van der Waals surface area contributed by atoms with Gasteiger partial charge in [0, 0.05) is 18.7 Å².